The van der Waals surface area contributed by atoms with Gasteiger partial charge in [-0.3, -0.25) is 4.79 Å². The number of carbonyl (C=O) groups is 1. The number of rotatable bonds is 5. The average Bonchev–Trinajstić information content (AvgIpc) is 2.96. The molecule has 2 rings (SSSR count). The number of hydrogen-bond donors (Lipinski definition) is 2. The molecule has 1 aromatic rings. The van der Waals surface area contributed by atoms with Crippen molar-refractivity contribution in [2.24, 2.45) is 5.73 Å². The Kier molecular flexibility index (Phi) is 4.98. The number of nitrogens with two attached hydrogens (primary N) is 1. The molecule has 0 radical (unpaired) electrons. The van der Waals surface area contributed by atoms with Gasteiger partial charge in [0.1, 0.15) is 11.9 Å². The highest BCUT2D eigenvalue weighted by Crippen LogP contribution is 2.25. The Bertz CT molecular complexity index is 464. The van der Waals surface area contributed by atoms with Gasteiger partial charge < -0.3 is 20.5 Å². The molecule has 0 aliphatic carbocycles. The Labute approximate surface area is 119 Å². The van der Waals surface area contributed by atoms with E-state index in [2.05, 4.69) is 5.32 Å². The molecule has 3 atom stereocenters. The van der Waals surface area contributed by atoms with Gasteiger partial charge in [-0.2, -0.15) is 0 Å². The van der Waals surface area contributed by atoms with E-state index in [-0.39, 0.29) is 24.2 Å². The summed E-state index contributed by atoms with van der Waals surface area (Å²) in [6, 6.07) is 7.54. The summed E-state index contributed by atoms with van der Waals surface area (Å²) in [6.07, 6.45) is 1.19. The molecule has 2 unspecified atom stereocenters. The Balaban J connectivity index is 1.97. The third-order valence-corrected chi connectivity index (χ3v) is 3.63. The summed E-state index contributed by atoms with van der Waals surface area (Å²) in [4.78, 5) is 12.2. The van der Waals surface area contributed by atoms with Crippen molar-refractivity contribution in [2.75, 3.05) is 13.7 Å². The van der Waals surface area contributed by atoms with Crippen molar-refractivity contribution in [3.8, 4) is 5.75 Å². The van der Waals surface area contributed by atoms with Crippen molar-refractivity contribution in [1.82, 2.24) is 5.32 Å². The lowest BCUT2D eigenvalue weighted by Crippen LogP contribution is -2.37. The molecule has 1 heterocycles. The van der Waals surface area contributed by atoms with E-state index in [4.69, 9.17) is 15.2 Å². The number of hydrogen-bond acceptors (Lipinski definition) is 4. The summed E-state index contributed by atoms with van der Waals surface area (Å²) in [5.74, 6) is 0.687. The third kappa shape index (κ3) is 3.29. The van der Waals surface area contributed by atoms with Crippen molar-refractivity contribution >= 4 is 5.91 Å². The maximum absolute atomic E-state index is 12.2. The molecular formula is C15H22N2O3. The van der Waals surface area contributed by atoms with Crippen LogP contribution in [0, 0.1) is 0 Å². The second kappa shape index (κ2) is 6.72. The third-order valence-electron chi connectivity index (χ3n) is 3.63. The minimum atomic E-state index is -0.388. The van der Waals surface area contributed by atoms with E-state index < -0.39 is 0 Å². The SMILES string of the molecule is COc1ccccc1[C@@H](C)NC(=O)C1CCC(CN)O1. The van der Waals surface area contributed by atoms with Crippen molar-refractivity contribution < 1.29 is 14.3 Å². The number of para-hydroxylation sites is 1. The van der Waals surface area contributed by atoms with Gasteiger partial charge >= 0.3 is 0 Å². The molecule has 0 spiro atoms. The van der Waals surface area contributed by atoms with Gasteiger partial charge in [-0.05, 0) is 25.8 Å². The van der Waals surface area contributed by atoms with Gasteiger partial charge in [0.25, 0.3) is 0 Å². The fourth-order valence-electron chi connectivity index (χ4n) is 2.48. The minimum absolute atomic E-state index is 0.00678. The fraction of sp³-hybridized carbons (Fsp3) is 0.533. The zero-order valence-electron chi connectivity index (χ0n) is 12.0. The second-order valence-electron chi connectivity index (χ2n) is 5.03. The smallest absolute Gasteiger partial charge is 0.249 e. The quantitative estimate of drug-likeness (QED) is 0.853. The molecule has 1 aliphatic heterocycles. The summed E-state index contributed by atoms with van der Waals surface area (Å²) in [5, 5.41) is 2.97. The Morgan fingerprint density at radius 2 is 2.25 bits per heavy atom. The van der Waals surface area contributed by atoms with Crippen LogP contribution in [0.5, 0.6) is 5.75 Å². The van der Waals surface area contributed by atoms with Gasteiger partial charge in [0.15, 0.2) is 0 Å². The van der Waals surface area contributed by atoms with Crippen molar-refractivity contribution in [3.05, 3.63) is 29.8 Å². The normalized spacial score (nSPS) is 23.4. The standard InChI is InChI=1S/C15H22N2O3/c1-10(12-5-3-4-6-13(12)19-2)17-15(18)14-8-7-11(9-16)20-14/h3-6,10-11,14H,7-9,16H2,1-2H3,(H,17,18)/t10-,11?,14?/m1/s1. The Morgan fingerprint density at radius 3 is 2.90 bits per heavy atom. The highest BCUT2D eigenvalue weighted by atomic mass is 16.5. The van der Waals surface area contributed by atoms with Gasteiger partial charge in [-0.15, -0.1) is 0 Å². The first-order chi connectivity index (χ1) is 9.65. The molecule has 20 heavy (non-hydrogen) atoms. The van der Waals surface area contributed by atoms with Crippen LogP contribution in [-0.2, 0) is 9.53 Å². The monoisotopic (exact) mass is 278 g/mol. The number of methoxy groups -OCH3 is 1. The predicted octanol–water partition coefficient (Wildman–Crippen LogP) is 1.38. The predicted molar refractivity (Wildman–Crippen MR) is 76.5 cm³/mol. The lowest BCUT2D eigenvalue weighted by atomic mass is 10.1. The van der Waals surface area contributed by atoms with Gasteiger partial charge in [0, 0.05) is 12.1 Å². The molecule has 3 N–H and O–H groups in total. The summed E-state index contributed by atoms with van der Waals surface area (Å²) in [6.45, 7) is 2.40. The van der Waals surface area contributed by atoms with Crippen molar-refractivity contribution in [2.45, 2.75) is 38.0 Å². The van der Waals surface area contributed by atoms with Gasteiger partial charge in [0.2, 0.25) is 5.91 Å². The molecule has 5 heteroatoms. The van der Waals surface area contributed by atoms with Gasteiger partial charge in [0.05, 0.1) is 19.3 Å². The van der Waals surface area contributed by atoms with Gasteiger partial charge in [-0.1, -0.05) is 18.2 Å². The van der Waals surface area contributed by atoms with E-state index in [1.807, 2.05) is 31.2 Å². The second-order valence-corrected chi connectivity index (χ2v) is 5.03. The van der Waals surface area contributed by atoms with Crippen molar-refractivity contribution in [1.29, 1.82) is 0 Å². The molecular weight excluding hydrogens is 256 g/mol. The van der Waals surface area contributed by atoms with E-state index in [0.29, 0.717) is 6.54 Å². The molecule has 1 fully saturated rings. The first-order valence-corrected chi connectivity index (χ1v) is 6.94. The van der Waals surface area contributed by atoms with Crippen LogP contribution in [0.1, 0.15) is 31.4 Å². The zero-order valence-corrected chi connectivity index (χ0v) is 12.0. The number of ether oxygens (including phenoxy) is 2. The van der Waals surface area contributed by atoms with Crippen LogP contribution in [0.15, 0.2) is 24.3 Å². The van der Waals surface area contributed by atoms with Gasteiger partial charge in [-0.25, -0.2) is 0 Å². The molecule has 0 bridgehead atoms. The van der Waals surface area contributed by atoms with Crippen LogP contribution >= 0.6 is 0 Å². The molecule has 0 saturated carbocycles. The average molecular weight is 278 g/mol. The van der Waals surface area contributed by atoms with E-state index in [0.717, 1.165) is 24.2 Å². The molecule has 0 aromatic heterocycles. The van der Waals surface area contributed by atoms with E-state index in [1.54, 1.807) is 7.11 Å². The zero-order chi connectivity index (χ0) is 14.5. The summed E-state index contributed by atoms with van der Waals surface area (Å²) >= 11 is 0. The lowest BCUT2D eigenvalue weighted by Gasteiger charge is -2.19. The topological polar surface area (TPSA) is 73.6 Å². The number of carbonyl (C=O) groups excluding carboxylic acids is 1. The molecule has 1 saturated heterocycles. The van der Waals surface area contributed by atoms with Crippen LogP contribution in [0.25, 0.3) is 0 Å². The Morgan fingerprint density at radius 1 is 1.50 bits per heavy atom. The molecule has 1 amide bonds. The number of amides is 1. The van der Waals surface area contributed by atoms with E-state index in [9.17, 15) is 4.79 Å². The number of benzene rings is 1. The van der Waals surface area contributed by atoms with E-state index in [1.165, 1.54) is 0 Å². The first kappa shape index (κ1) is 14.8. The maximum atomic E-state index is 12.2. The summed E-state index contributed by atoms with van der Waals surface area (Å²) in [7, 11) is 1.62. The van der Waals surface area contributed by atoms with Crippen LogP contribution in [0.2, 0.25) is 0 Å². The van der Waals surface area contributed by atoms with Crippen LogP contribution < -0.4 is 15.8 Å². The van der Waals surface area contributed by atoms with E-state index >= 15 is 0 Å². The van der Waals surface area contributed by atoms with Crippen LogP contribution in [0.3, 0.4) is 0 Å². The van der Waals surface area contributed by atoms with Crippen LogP contribution in [0.4, 0.5) is 0 Å². The fourth-order valence-corrected chi connectivity index (χ4v) is 2.48. The molecule has 1 aromatic carbocycles. The molecule has 1 aliphatic rings. The maximum Gasteiger partial charge on any atom is 0.249 e. The summed E-state index contributed by atoms with van der Waals surface area (Å²) in [5.41, 5.74) is 6.51. The molecule has 5 nitrogen and oxygen atoms in total. The lowest BCUT2D eigenvalue weighted by molar-refractivity contribution is -0.132. The summed E-state index contributed by atoms with van der Waals surface area (Å²) < 4.78 is 10.9. The highest BCUT2D eigenvalue weighted by molar-refractivity contribution is 5.81. The van der Waals surface area contributed by atoms with Crippen LogP contribution in [-0.4, -0.2) is 31.8 Å². The Hall–Kier alpha value is -1.59. The minimum Gasteiger partial charge on any atom is -0.496 e. The van der Waals surface area contributed by atoms with Crippen molar-refractivity contribution in [3.63, 3.8) is 0 Å². The highest BCUT2D eigenvalue weighted by Gasteiger charge is 2.30. The number of nitrogens with one attached hydrogen (secondary N) is 1. The molecule has 110 valence electrons. The largest absolute Gasteiger partial charge is 0.496 e. The first-order valence-electron chi connectivity index (χ1n) is 6.94.